The van der Waals surface area contributed by atoms with E-state index >= 15 is 0 Å². The molecule has 25 heavy (non-hydrogen) atoms. The maximum Gasteiger partial charge on any atom is 0.358 e. The minimum absolute atomic E-state index is 0.0619. The van der Waals surface area contributed by atoms with Crippen molar-refractivity contribution in [2.45, 2.75) is 13.8 Å². The molecular weight excluding hydrogens is 320 g/mol. The highest BCUT2D eigenvalue weighted by Crippen LogP contribution is 2.33. The van der Waals surface area contributed by atoms with Gasteiger partial charge in [-0.05, 0) is 31.5 Å². The average molecular weight is 334 g/mol. The van der Waals surface area contributed by atoms with Gasteiger partial charge in [-0.15, -0.1) is 5.10 Å². The SMILES string of the molecule is Cc1c(-n2nnc(C(=O)O)c2C)ccc2noc(-c3ccccc3)c12. The van der Waals surface area contributed by atoms with Crippen molar-refractivity contribution in [3.63, 3.8) is 0 Å². The van der Waals surface area contributed by atoms with Gasteiger partial charge in [-0.1, -0.05) is 40.7 Å². The van der Waals surface area contributed by atoms with Gasteiger partial charge in [0.1, 0.15) is 5.52 Å². The van der Waals surface area contributed by atoms with Crippen LogP contribution in [0.2, 0.25) is 0 Å². The van der Waals surface area contributed by atoms with Crippen LogP contribution in [0.25, 0.3) is 27.9 Å². The number of nitrogens with zero attached hydrogens (tertiary/aromatic N) is 4. The summed E-state index contributed by atoms with van der Waals surface area (Å²) in [6.07, 6.45) is 0. The Kier molecular flexibility index (Phi) is 3.35. The largest absolute Gasteiger partial charge is 0.476 e. The van der Waals surface area contributed by atoms with Crippen molar-refractivity contribution in [3.05, 3.63) is 59.4 Å². The predicted molar refractivity (Wildman–Crippen MR) is 90.8 cm³/mol. The Morgan fingerprint density at radius 3 is 2.56 bits per heavy atom. The first-order chi connectivity index (χ1) is 12.1. The second-order valence-corrected chi connectivity index (χ2v) is 5.72. The molecule has 0 radical (unpaired) electrons. The van der Waals surface area contributed by atoms with Crippen LogP contribution in [0, 0.1) is 13.8 Å². The molecule has 4 aromatic rings. The molecule has 7 heteroatoms. The zero-order chi connectivity index (χ0) is 17.6. The summed E-state index contributed by atoms with van der Waals surface area (Å²) >= 11 is 0. The molecule has 0 saturated heterocycles. The lowest BCUT2D eigenvalue weighted by molar-refractivity contribution is 0.0689. The van der Waals surface area contributed by atoms with E-state index in [-0.39, 0.29) is 5.69 Å². The minimum atomic E-state index is -1.10. The molecular formula is C18H14N4O3. The Balaban J connectivity index is 1.96. The van der Waals surface area contributed by atoms with Crippen molar-refractivity contribution in [1.29, 1.82) is 0 Å². The third-order valence-electron chi connectivity index (χ3n) is 4.24. The van der Waals surface area contributed by atoms with Crippen LogP contribution in [0.4, 0.5) is 0 Å². The summed E-state index contributed by atoms with van der Waals surface area (Å²) in [6, 6.07) is 13.4. The number of carboxylic acids is 1. The van der Waals surface area contributed by atoms with E-state index in [0.717, 1.165) is 27.7 Å². The summed E-state index contributed by atoms with van der Waals surface area (Å²) in [5.74, 6) is -0.427. The Morgan fingerprint density at radius 2 is 1.88 bits per heavy atom. The molecule has 0 aliphatic heterocycles. The van der Waals surface area contributed by atoms with Gasteiger partial charge in [0, 0.05) is 5.56 Å². The molecule has 2 aromatic carbocycles. The zero-order valence-corrected chi connectivity index (χ0v) is 13.6. The van der Waals surface area contributed by atoms with Crippen LogP contribution in [-0.2, 0) is 0 Å². The lowest BCUT2D eigenvalue weighted by Gasteiger charge is -2.08. The molecule has 2 aromatic heterocycles. The molecule has 0 atom stereocenters. The van der Waals surface area contributed by atoms with Gasteiger partial charge in [0.05, 0.1) is 16.8 Å². The van der Waals surface area contributed by atoms with Crippen LogP contribution in [0.5, 0.6) is 0 Å². The monoisotopic (exact) mass is 334 g/mol. The van der Waals surface area contributed by atoms with E-state index < -0.39 is 5.97 Å². The highest BCUT2D eigenvalue weighted by molar-refractivity contribution is 5.96. The van der Waals surface area contributed by atoms with Crippen LogP contribution in [0.1, 0.15) is 21.7 Å². The molecule has 0 saturated carbocycles. The molecule has 0 bridgehead atoms. The fourth-order valence-corrected chi connectivity index (χ4v) is 2.96. The number of aromatic nitrogens is 4. The number of fused-ring (bicyclic) bond motifs is 1. The molecule has 4 rings (SSSR count). The van der Waals surface area contributed by atoms with Crippen molar-refractivity contribution in [2.24, 2.45) is 0 Å². The topological polar surface area (TPSA) is 94.0 Å². The third-order valence-corrected chi connectivity index (χ3v) is 4.24. The maximum atomic E-state index is 11.2. The van der Waals surface area contributed by atoms with Crippen molar-refractivity contribution < 1.29 is 14.4 Å². The lowest BCUT2D eigenvalue weighted by atomic mass is 10.0. The molecule has 0 fully saturated rings. The molecule has 0 amide bonds. The highest BCUT2D eigenvalue weighted by atomic mass is 16.5. The summed E-state index contributed by atoms with van der Waals surface area (Å²) in [5, 5.41) is 21.9. The first-order valence-corrected chi connectivity index (χ1v) is 7.68. The molecule has 0 aliphatic rings. The third kappa shape index (κ3) is 2.28. The Morgan fingerprint density at radius 1 is 1.12 bits per heavy atom. The van der Waals surface area contributed by atoms with Gasteiger partial charge in [0.15, 0.2) is 11.5 Å². The van der Waals surface area contributed by atoms with Crippen LogP contribution < -0.4 is 0 Å². The van der Waals surface area contributed by atoms with Crippen LogP contribution >= 0.6 is 0 Å². The lowest BCUT2D eigenvalue weighted by Crippen LogP contribution is -2.04. The van der Waals surface area contributed by atoms with Crippen molar-refractivity contribution in [1.82, 2.24) is 20.2 Å². The second kappa shape index (κ2) is 5.55. The highest BCUT2D eigenvalue weighted by Gasteiger charge is 2.20. The van der Waals surface area contributed by atoms with Gasteiger partial charge in [-0.2, -0.15) is 0 Å². The van der Waals surface area contributed by atoms with E-state index in [9.17, 15) is 9.90 Å². The summed E-state index contributed by atoms with van der Waals surface area (Å²) in [5.41, 5.74) is 3.69. The second-order valence-electron chi connectivity index (χ2n) is 5.72. The Bertz CT molecular complexity index is 1100. The first-order valence-electron chi connectivity index (χ1n) is 7.68. The summed E-state index contributed by atoms with van der Waals surface area (Å²) in [6.45, 7) is 3.61. The fourth-order valence-electron chi connectivity index (χ4n) is 2.96. The van der Waals surface area contributed by atoms with E-state index in [1.54, 1.807) is 6.92 Å². The van der Waals surface area contributed by atoms with E-state index in [1.165, 1.54) is 4.68 Å². The maximum absolute atomic E-state index is 11.2. The van der Waals surface area contributed by atoms with E-state index in [2.05, 4.69) is 15.5 Å². The zero-order valence-electron chi connectivity index (χ0n) is 13.6. The summed E-state index contributed by atoms with van der Waals surface area (Å²) in [4.78, 5) is 11.2. The van der Waals surface area contributed by atoms with Gasteiger partial charge < -0.3 is 9.63 Å². The Labute approximate surface area is 142 Å². The number of aromatic carboxylic acids is 1. The van der Waals surface area contributed by atoms with E-state index in [1.807, 2.05) is 49.4 Å². The number of carboxylic acid groups (broad SMARTS) is 1. The van der Waals surface area contributed by atoms with Gasteiger partial charge >= 0.3 is 5.97 Å². The number of hydrogen-bond donors (Lipinski definition) is 1. The molecule has 0 unspecified atom stereocenters. The number of rotatable bonds is 3. The molecule has 0 spiro atoms. The molecule has 1 N–H and O–H groups in total. The quantitative estimate of drug-likeness (QED) is 0.617. The average Bonchev–Trinajstić information content (AvgIpc) is 3.20. The number of benzene rings is 2. The first kappa shape index (κ1) is 15.1. The summed E-state index contributed by atoms with van der Waals surface area (Å²) < 4.78 is 7.08. The van der Waals surface area contributed by atoms with Gasteiger partial charge in [-0.25, -0.2) is 9.48 Å². The standard InChI is InChI=1S/C18H14N4O3/c1-10-14(22-11(2)16(18(23)24)19-21-22)9-8-13-15(10)17(25-20-13)12-6-4-3-5-7-12/h3-9H,1-2H3,(H,23,24). The molecule has 0 aliphatic carbocycles. The number of aryl methyl sites for hydroxylation is 1. The van der Waals surface area contributed by atoms with Crippen molar-refractivity contribution in [2.75, 3.05) is 0 Å². The van der Waals surface area contributed by atoms with E-state index in [0.29, 0.717) is 11.5 Å². The molecule has 124 valence electrons. The smallest absolute Gasteiger partial charge is 0.358 e. The number of hydrogen-bond acceptors (Lipinski definition) is 5. The van der Waals surface area contributed by atoms with E-state index in [4.69, 9.17) is 4.52 Å². The Hall–Kier alpha value is -3.48. The van der Waals surface area contributed by atoms with Crippen LogP contribution in [-0.4, -0.2) is 31.2 Å². The molecule has 2 heterocycles. The summed E-state index contributed by atoms with van der Waals surface area (Å²) in [7, 11) is 0. The van der Waals surface area contributed by atoms with Crippen molar-refractivity contribution in [3.8, 4) is 17.0 Å². The van der Waals surface area contributed by atoms with Gasteiger partial charge in [0.25, 0.3) is 0 Å². The normalized spacial score (nSPS) is 11.1. The fraction of sp³-hybridized carbons (Fsp3) is 0.111. The van der Waals surface area contributed by atoms with Gasteiger partial charge in [-0.3, -0.25) is 0 Å². The van der Waals surface area contributed by atoms with Crippen LogP contribution in [0.3, 0.4) is 0 Å². The van der Waals surface area contributed by atoms with Crippen molar-refractivity contribution >= 4 is 16.9 Å². The predicted octanol–water partition coefficient (Wildman–Crippen LogP) is 3.39. The van der Waals surface area contributed by atoms with Crippen LogP contribution in [0.15, 0.2) is 47.0 Å². The molecule has 7 nitrogen and oxygen atoms in total. The van der Waals surface area contributed by atoms with Gasteiger partial charge in [0.2, 0.25) is 0 Å². The number of carbonyl (C=O) groups is 1. The minimum Gasteiger partial charge on any atom is -0.476 e.